The molecule has 1 aromatic heterocycles. The van der Waals surface area contributed by atoms with E-state index in [2.05, 4.69) is 88.0 Å². The van der Waals surface area contributed by atoms with Gasteiger partial charge in [-0.1, -0.05) is 72.5 Å². The third kappa shape index (κ3) is 9.96. The Labute approximate surface area is 440 Å². The third-order valence-electron chi connectivity index (χ3n) is 17.4. The molecule has 11 nitrogen and oxygen atoms in total. The molecular weight excluding hydrogens is 939 g/mol. The molecular formula is C64H69N3O8. The molecule has 5 aliphatic heterocycles. The molecule has 6 aromatic rings. The second-order valence-corrected chi connectivity index (χ2v) is 22.0. The first-order chi connectivity index (χ1) is 36.7. The Morgan fingerprint density at radius 3 is 2.68 bits per heavy atom. The zero-order chi connectivity index (χ0) is 51.0. The molecule has 0 spiro atoms. The van der Waals surface area contributed by atoms with Crippen LogP contribution in [0.1, 0.15) is 101 Å². The molecule has 13 rings (SSSR count). The largest absolute Gasteiger partial charge is 0.508 e. The van der Waals surface area contributed by atoms with Crippen LogP contribution in [0, 0.1) is 29.6 Å². The number of ether oxygens (including phenoxy) is 4. The van der Waals surface area contributed by atoms with Crippen molar-refractivity contribution in [2.75, 3.05) is 33.7 Å². The predicted molar refractivity (Wildman–Crippen MR) is 290 cm³/mol. The van der Waals surface area contributed by atoms with Gasteiger partial charge in [-0.15, -0.1) is 0 Å². The fourth-order valence-corrected chi connectivity index (χ4v) is 13.4. The van der Waals surface area contributed by atoms with Crippen molar-refractivity contribution in [1.29, 1.82) is 0 Å². The molecule has 0 saturated carbocycles. The standard InChI is InChI=1S/C64H69N3O8/c1-72-39-65-61-32-45-16-14-40(12-13-41-15-22-58(69)47(26-41)27-42-7-4-9-52(68)28-42)6-5-10-53-33-60(71)46-18-21-54-44(29-46)19-23-59(70)62(54)75-36-49-31-51(30-48-34-67(35-55(48)49)63(66-61)56(45)38-74-53)64-24-25-73-37-50(64)20-17-43-8-2-3-11-57(43)64/h2-4,7-9,11,15,19,22-23,26,28,30-32,34-35,40,46,50,53,60-61,65-66,68-71H,5-6,10,12-13,17-18,20-21,24-25,27,29,33,36-39H2,1H3. The Bertz CT molecular complexity index is 3240. The number of hydrogen-bond donors (Lipinski definition) is 6. The van der Waals surface area contributed by atoms with Crippen LogP contribution < -0.4 is 15.4 Å². The van der Waals surface area contributed by atoms with Crippen LogP contribution >= 0.6 is 0 Å². The molecule has 0 radical (unpaired) electrons. The van der Waals surface area contributed by atoms with Gasteiger partial charge in [-0.2, -0.15) is 0 Å². The van der Waals surface area contributed by atoms with Gasteiger partial charge in [0.05, 0.1) is 32.2 Å². The Hall–Kier alpha value is -6.52. The molecule has 7 unspecified atom stereocenters. The van der Waals surface area contributed by atoms with Crippen LogP contribution in [0.2, 0.25) is 0 Å². The molecule has 8 bridgehead atoms. The van der Waals surface area contributed by atoms with E-state index in [1.165, 1.54) is 16.7 Å². The van der Waals surface area contributed by atoms with Crippen molar-refractivity contribution in [3.63, 3.8) is 0 Å². The molecule has 1 saturated heterocycles. The molecule has 388 valence electrons. The van der Waals surface area contributed by atoms with E-state index in [1.54, 1.807) is 31.4 Å². The van der Waals surface area contributed by atoms with E-state index in [4.69, 9.17) is 18.9 Å². The number of aliphatic hydroxyl groups excluding tert-OH is 1. The number of aromatic hydroxyl groups is 3. The van der Waals surface area contributed by atoms with Crippen LogP contribution in [0.5, 0.6) is 23.0 Å². The number of nitrogens with one attached hydrogen (secondary N) is 2. The topological polar surface area (TPSA) is 147 Å². The van der Waals surface area contributed by atoms with Crippen molar-refractivity contribution in [2.24, 2.45) is 17.8 Å². The number of aliphatic hydroxyl groups is 1. The number of benzene rings is 5. The summed E-state index contributed by atoms with van der Waals surface area (Å²) in [4.78, 5) is 0. The van der Waals surface area contributed by atoms with Gasteiger partial charge in [0.1, 0.15) is 30.1 Å². The maximum absolute atomic E-state index is 12.2. The maximum atomic E-state index is 12.2. The van der Waals surface area contributed by atoms with Crippen LogP contribution in [0.25, 0.3) is 16.6 Å². The fraction of sp³-hybridized carbons (Fsp3) is 0.406. The number of phenols is 3. The molecule has 7 aliphatic rings. The highest BCUT2D eigenvalue weighted by Crippen LogP contribution is 2.52. The second-order valence-electron chi connectivity index (χ2n) is 22.0. The molecule has 2 aliphatic carbocycles. The van der Waals surface area contributed by atoms with Crippen molar-refractivity contribution in [3.8, 4) is 34.8 Å². The second kappa shape index (κ2) is 21.2. The number of aryl methyl sites for hydroxylation is 2. The first-order valence-corrected chi connectivity index (χ1v) is 27.3. The van der Waals surface area contributed by atoms with Crippen molar-refractivity contribution in [3.05, 3.63) is 171 Å². The van der Waals surface area contributed by atoms with Crippen molar-refractivity contribution >= 4 is 16.6 Å². The molecule has 75 heavy (non-hydrogen) atoms. The Morgan fingerprint density at radius 1 is 0.867 bits per heavy atom. The number of phenolic OH excluding ortho intramolecular Hbond substituents is 3. The predicted octanol–water partition coefficient (Wildman–Crippen LogP) is 10.1. The van der Waals surface area contributed by atoms with Gasteiger partial charge in [0, 0.05) is 71.3 Å². The summed E-state index contributed by atoms with van der Waals surface area (Å²) >= 11 is 0. The van der Waals surface area contributed by atoms with E-state index in [0.29, 0.717) is 63.9 Å². The van der Waals surface area contributed by atoms with E-state index in [0.717, 1.165) is 119 Å². The number of fused-ring (bicyclic) bond motifs is 6. The third-order valence-corrected chi connectivity index (χ3v) is 17.4. The van der Waals surface area contributed by atoms with E-state index in [1.807, 2.05) is 24.3 Å². The first kappa shape index (κ1) is 49.4. The SMILES string of the molecule is COCNC1C=C2C#CC(CCc3ccc(O)c(Cc4cccc(O)c4)c3)CCCC3CC(O)C4CCc5c(ccc(O)c5OCc5cc(C67CCOCC6CCc6ccccc67)cc6cn(cc56)C(=C2CO3)N1)C4. The molecule has 5 aromatic carbocycles. The van der Waals surface area contributed by atoms with Gasteiger partial charge in [0.25, 0.3) is 0 Å². The van der Waals surface area contributed by atoms with Gasteiger partial charge >= 0.3 is 0 Å². The van der Waals surface area contributed by atoms with E-state index in [9.17, 15) is 20.4 Å². The lowest BCUT2D eigenvalue weighted by Gasteiger charge is -2.49. The summed E-state index contributed by atoms with van der Waals surface area (Å²) in [7, 11) is 1.68. The first-order valence-electron chi connectivity index (χ1n) is 27.3. The fourth-order valence-electron chi connectivity index (χ4n) is 13.4. The Morgan fingerprint density at radius 2 is 1.77 bits per heavy atom. The minimum atomic E-state index is -0.586. The summed E-state index contributed by atoms with van der Waals surface area (Å²) in [6.45, 7) is 2.27. The number of nitrogens with zero attached hydrogens (tertiary/aromatic N) is 1. The van der Waals surface area contributed by atoms with Crippen molar-refractivity contribution in [1.82, 2.24) is 15.2 Å². The summed E-state index contributed by atoms with van der Waals surface area (Å²) < 4.78 is 28.0. The highest BCUT2D eigenvalue weighted by Gasteiger charge is 2.48. The number of methoxy groups -OCH3 is 1. The van der Waals surface area contributed by atoms with Crippen LogP contribution in [-0.2, 0) is 58.3 Å². The van der Waals surface area contributed by atoms with Crippen molar-refractivity contribution in [2.45, 2.75) is 114 Å². The minimum absolute atomic E-state index is 0.0290. The average molecular weight is 1010 g/mol. The van der Waals surface area contributed by atoms with Gasteiger partial charge in [-0.25, -0.2) is 0 Å². The smallest absolute Gasteiger partial charge is 0.164 e. The van der Waals surface area contributed by atoms with Gasteiger partial charge < -0.3 is 49.3 Å². The Balaban J connectivity index is 0.974. The van der Waals surface area contributed by atoms with Crippen LogP contribution in [0.4, 0.5) is 0 Å². The number of hydrogen-bond acceptors (Lipinski definition) is 10. The normalized spacial score (nSPS) is 25.4. The zero-order valence-corrected chi connectivity index (χ0v) is 43.0. The molecule has 7 atom stereocenters. The van der Waals surface area contributed by atoms with E-state index >= 15 is 0 Å². The van der Waals surface area contributed by atoms with E-state index < -0.39 is 6.10 Å². The van der Waals surface area contributed by atoms with Crippen molar-refractivity contribution < 1.29 is 39.4 Å². The molecule has 11 heteroatoms. The quantitative estimate of drug-likeness (QED) is 0.0611. The van der Waals surface area contributed by atoms with Gasteiger partial charge in [-0.3, -0.25) is 5.32 Å². The molecule has 6 heterocycles. The Kier molecular flexibility index (Phi) is 14.0. The summed E-state index contributed by atoms with van der Waals surface area (Å²) in [6.07, 6.45) is 15.8. The van der Waals surface area contributed by atoms with Gasteiger partial charge in [-0.05, 0) is 170 Å². The highest BCUT2D eigenvalue weighted by atomic mass is 16.5. The minimum Gasteiger partial charge on any atom is -0.508 e. The maximum Gasteiger partial charge on any atom is 0.164 e. The lowest BCUT2D eigenvalue weighted by Crippen LogP contribution is -2.47. The molecule has 1 fully saturated rings. The summed E-state index contributed by atoms with van der Waals surface area (Å²) in [5, 5.41) is 54.2. The van der Waals surface area contributed by atoms with Crippen LogP contribution in [-0.4, -0.2) is 77.0 Å². The summed E-state index contributed by atoms with van der Waals surface area (Å²) in [6, 6.07) is 30.6. The monoisotopic (exact) mass is 1010 g/mol. The summed E-state index contributed by atoms with van der Waals surface area (Å²) in [5.41, 5.74) is 11.7. The van der Waals surface area contributed by atoms with Crippen LogP contribution in [0.3, 0.4) is 0 Å². The number of rotatable bonds is 9. The van der Waals surface area contributed by atoms with Crippen LogP contribution in [0.15, 0.2) is 121 Å². The van der Waals surface area contributed by atoms with Gasteiger partial charge in [0.2, 0.25) is 0 Å². The summed E-state index contributed by atoms with van der Waals surface area (Å²) in [5.74, 6) is 9.90. The van der Waals surface area contributed by atoms with E-state index in [-0.39, 0.29) is 53.4 Å². The zero-order valence-electron chi connectivity index (χ0n) is 43.0. The average Bonchev–Trinajstić information content (AvgIpc) is 3.86. The van der Waals surface area contributed by atoms with Gasteiger partial charge in [0.15, 0.2) is 11.5 Å². The highest BCUT2D eigenvalue weighted by molar-refractivity contribution is 5.88. The number of dihydropyridines is 1. The number of aromatic nitrogens is 1. The molecule has 6 N–H and O–H groups in total. The lowest BCUT2D eigenvalue weighted by atomic mass is 9.57. The molecule has 0 amide bonds. The lowest BCUT2D eigenvalue weighted by molar-refractivity contribution is -0.00228.